The van der Waals surface area contributed by atoms with Crippen molar-refractivity contribution in [2.24, 2.45) is 7.05 Å². The lowest BCUT2D eigenvalue weighted by atomic mass is 10.1. The summed E-state index contributed by atoms with van der Waals surface area (Å²) in [4.78, 5) is 27.8. The van der Waals surface area contributed by atoms with Gasteiger partial charge in [-0.05, 0) is 38.5 Å². The average Bonchev–Trinajstić information content (AvgIpc) is 2.46. The van der Waals surface area contributed by atoms with Crippen LogP contribution >= 0.6 is 0 Å². The smallest absolute Gasteiger partial charge is 0.407 e. The molecule has 1 aromatic carbocycles. The number of fused-ring (bicyclic) bond motifs is 1. The van der Waals surface area contributed by atoms with Gasteiger partial charge in [0.25, 0.3) is 5.56 Å². The van der Waals surface area contributed by atoms with E-state index in [0.29, 0.717) is 17.4 Å². The van der Waals surface area contributed by atoms with Crippen LogP contribution in [0.2, 0.25) is 0 Å². The zero-order valence-corrected chi connectivity index (χ0v) is 13.8. The third kappa shape index (κ3) is 4.67. The van der Waals surface area contributed by atoms with Gasteiger partial charge in [0.05, 0.1) is 17.2 Å². The molecule has 0 unspecified atom stereocenters. The van der Waals surface area contributed by atoms with Gasteiger partial charge in [-0.1, -0.05) is 18.2 Å². The first-order chi connectivity index (χ1) is 10.8. The van der Waals surface area contributed by atoms with E-state index in [1.54, 1.807) is 25.3 Å². The lowest BCUT2D eigenvalue weighted by Crippen LogP contribution is -2.32. The highest BCUT2D eigenvalue weighted by Gasteiger charge is 2.14. The molecule has 6 heteroatoms. The van der Waals surface area contributed by atoms with E-state index in [2.05, 4.69) is 10.3 Å². The number of carbonyl (C=O) groups excluding carboxylic acids is 1. The lowest BCUT2D eigenvalue weighted by Gasteiger charge is -2.19. The molecule has 2 aromatic rings. The van der Waals surface area contributed by atoms with Crippen molar-refractivity contribution in [3.8, 4) is 0 Å². The summed E-state index contributed by atoms with van der Waals surface area (Å²) in [5.74, 6) is 0. The van der Waals surface area contributed by atoms with Gasteiger partial charge in [-0.3, -0.25) is 4.79 Å². The third-order valence-corrected chi connectivity index (χ3v) is 3.01. The van der Waals surface area contributed by atoms with Crippen molar-refractivity contribution in [2.45, 2.75) is 26.4 Å². The second kappa shape index (κ2) is 6.64. The van der Waals surface area contributed by atoms with Crippen molar-refractivity contribution in [3.05, 3.63) is 46.5 Å². The molecular weight excluding hydrogens is 294 g/mol. The largest absolute Gasteiger partial charge is 0.444 e. The number of carbonyl (C=O) groups is 1. The molecule has 1 heterocycles. The number of hydrogen-bond donors (Lipinski definition) is 1. The van der Waals surface area contributed by atoms with Crippen LogP contribution < -0.4 is 10.9 Å². The first-order valence-corrected chi connectivity index (χ1v) is 7.35. The third-order valence-electron chi connectivity index (χ3n) is 3.01. The fourth-order valence-electron chi connectivity index (χ4n) is 1.98. The molecule has 0 bridgehead atoms. The summed E-state index contributed by atoms with van der Waals surface area (Å²) in [5.41, 5.74) is 0.932. The molecule has 6 nitrogen and oxygen atoms in total. The summed E-state index contributed by atoms with van der Waals surface area (Å²) in [6.07, 6.45) is 4.68. The van der Waals surface area contributed by atoms with Crippen LogP contribution in [-0.4, -0.2) is 27.8 Å². The van der Waals surface area contributed by atoms with E-state index in [1.165, 1.54) is 10.9 Å². The minimum Gasteiger partial charge on any atom is -0.444 e. The van der Waals surface area contributed by atoms with Crippen molar-refractivity contribution in [1.82, 2.24) is 14.9 Å². The van der Waals surface area contributed by atoms with E-state index in [9.17, 15) is 9.59 Å². The molecular formula is C17H21N3O3. The number of aromatic nitrogens is 2. The molecule has 2 rings (SSSR count). The van der Waals surface area contributed by atoms with Crippen molar-refractivity contribution in [3.63, 3.8) is 0 Å². The molecule has 122 valence electrons. The minimum atomic E-state index is -0.515. The van der Waals surface area contributed by atoms with Gasteiger partial charge in [0, 0.05) is 13.6 Å². The quantitative estimate of drug-likeness (QED) is 0.944. The summed E-state index contributed by atoms with van der Waals surface area (Å²) in [6.45, 7) is 5.78. The van der Waals surface area contributed by atoms with Crippen LogP contribution in [0.15, 0.2) is 35.4 Å². The van der Waals surface area contributed by atoms with E-state index < -0.39 is 11.7 Å². The second-order valence-corrected chi connectivity index (χ2v) is 6.22. The van der Waals surface area contributed by atoms with Crippen LogP contribution in [-0.2, 0) is 11.8 Å². The van der Waals surface area contributed by atoms with Gasteiger partial charge in [0.15, 0.2) is 0 Å². The Hall–Kier alpha value is -2.63. The first-order valence-electron chi connectivity index (χ1n) is 7.35. The molecule has 0 aliphatic heterocycles. The maximum absolute atomic E-state index is 12.1. The molecule has 0 saturated carbocycles. The van der Waals surface area contributed by atoms with E-state index >= 15 is 0 Å². The highest BCUT2D eigenvalue weighted by Crippen LogP contribution is 2.11. The molecule has 0 aliphatic carbocycles. The predicted octanol–water partition coefficient (Wildman–Crippen LogP) is 2.47. The fraction of sp³-hybridized carbons (Fsp3) is 0.353. The second-order valence-electron chi connectivity index (χ2n) is 6.22. The molecule has 0 atom stereocenters. The number of aryl methyl sites for hydroxylation is 1. The summed E-state index contributed by atoms with van der Waals surface area (Å²) < 4.78 is 6.58. The average molecular weight is 315 g/mol. The van der Waals surface area contributed by atoms with E-state index in [0.717, 1.165) is 5.56 Å². The zero-order valence-electron chi connectivity index (χ0n) is 13.8. The van der Waals surface area contributed by atoms with Crippen molar-refractivity contribution < 1.29 is 9.53 Å². The number of nitrogens with one attached hydrogen (secondary N) is 1. The Kier molecular flexibility index (Phi) is 4.83. The first kappa shape index (κ1) is 16.7. The topological polar surface area (TPSA) is 73.2 Å². The highest BCUT2D eigenvalue weighted by atomic mass is 16.6. The van der Waals surface area contributed by atoms with Gasteiger partial charge < -0.3 is 14.6 Å². The van der Waals surface area contributed by atoms with Gasteiger partial charge in [-0.15, -0.1) is 0 Å². The zero-order chi connectivity index (χ0) is 17.0. The number of amides is 1. The van der Waals surface area contributed by atoms with Crippen molar-refractivity contribution >= 4 is 23.1 Å². The Labute approximate surface area is 134 Å². The Morgan fingerprint density at radius 1 is 1.39 bits per heavy atom. The number of rotatable bonds is 3. The molecule has 0 radical (unpaired) electrons. The van der Waals surface area contributed by atoms with Crippen molar-refractivity contribution in [1.29, 1.82) is 0 Å². The number of benzene rings is 1. The van der Waals surface area contributed by atoms with E-state index in [4.69, 9.17) is 4.74 Å². The van der Waals surface area contributed by atoms with Gasteiger partial charge in [-0.2, -0.15) is 0 Å². The molecule has 0 fully saturated rings. The SMILES string of the molecule is Cn1cnc2ccc(C=CCNC(=O)OC(C)(C)C)cc2c1=O. The van der Waals surface area contributed by atoms with Crippen LogP contribution in [0.4, 0.5) is 4.79 Å². The van der Waals surface area contributed by atoms with Crippen LogP contribution in [0.1, 0.15) is 26.3 Å². The maximum Gasteiger partial charge on any atom is 0.407 e. The number of hydrogen-bond acceptors (Lipinski definition) is 4. The summed E-state index contributed by atoms with van der Waals surface area (Å²) in [7, 11) is 1.67. The lowest BCUT2D eigenvalue weighted by molar-refractivity contribution is 0.0534. The summed E-state index contributed by atoms with van der Waals surface area (Å²) in [5, 5.41) is 3.21. The van der Waals surface area contributed by atoms with Gasteiger partial charge in [-0.25, -0.2) is 9.78 Å². The molecule has 1 aromatic heterocycles. The highest BCUT2D eigenvalue weighted by molar-refractivity contribution is 5.80. The van der Waals surface area contributed by atoms with E-state index in [-0.39, 0.29) is 5.56 Å². The molecule has 23 heavy (non-hydrogen) atoms. The van der Waals surface area contributed by atoms with Crippen LogP contribution in [0.25, 0.3) is 17.0 Å². The fourth-order valence-corrected chi connectivity index (χ4v) is 1.98. The Balaban J connectivity index is 2.03. The summed E-state index contributed by atoms with van der Waals surface area (Å²) in [6, 6.07) is 5.46. The Bertz CT molecular complexity index is 801. The van der Waals surface area contributed by atoms with Crippen LogP contribution in [0, 0.1) is 0 Å². The monoisotopic (exact) mass is 315 g/mol. The number of alkyl carbamates (subject to hydrolysis) is 1. The molecule has 0 spiro atoms. The van der Waals surface area contributed by atoms with Crippen LogP contribution in [0.3, 0.4) is 0 Å². The van der Waals surface area contributed by atoms with Gasteiger partial charge in [0.1, 0.15) is 5.60 Å². The molecule has 0 saturated heterocycles. The standard InChI is InChI=1S/C17H21N3O3/c1-17(2,3)23-16(22)18-9-5-6-12-7-8-14-13(10-12)15(21)20(4)11-19-14/h5-8,10-11H,9H2,1-4H3,(H,18,22). The molecule has 0 aliphatic rings. The van der Waals surface area contributed by atoms with E-state index in [1.807, 2.05) is 32.9 Å². The predicted molar refractivity (Wildman–Crippen MR) is 90.3 cm³/mol. The van der Waals surface area contributed by atoms with Gasteiger partial charge in [0.2, 0.25) is 0 Å². The minimum absolute atomic E-state index is 0.0860. The number of ether oxygens (including phenoxy) is 1. The molecule has 1 amide bonds. The number of nitrogens with zero attached hydrogens (tertiary/aromatic N) is 2. The molecule has 1 N–H and O–H groups in total. The van der Waals surface area contributed by atoms with Crippen molar-refractivity contribution in [2.75, 3.05) is 6.54 Å². The Morgan fingerprint density at radius 2 is 2.13 bits per heavy atom. The van der Waals surface area contributed by atoms with Crippen LogP contribution in [0.5, 0.6) is 0 Å². The summed E-state index contributed by atoms with van der Waals surface area (Å²) >= 11 is 0. The Morgan fingerprint density at radius 3 is 2.83 bits per heavy atom. The van der Waals surface area contributed by atoms with Gasteiger partial charge >= 0.3 is 6.09 Å². The maximum atomic E-state index is 12.1. The normalized spacial score (nSPS) is 11.8.